The van der Waals surface area contributed by atoms with Gasteiger partial charge in [-0.15, -0.1) is 0 Å². The molecule has 17 heavy (non-hydrogen) atoms. The molecule has 6 nitrogen and oxygen atoms in total. The van der Waals surface area contributed by atoms with Crippen LogP contribution in [0.2, 0.25) is 10.0 Å². The maximum atomic E-state index is 9.79. The summed E-state index contributed by atoms with van der Waals surface area (Å²) in [5.74, 6) is 0. The van der Waals surface area contributed by atoms with Crippen molar-refractivity contribution in [2.45, 2.75) is 12.2 Å². The highest BCUT2D eigenvalue weighted by atomic mass is 35.5. The number of hydrogen-bond acceptors (Lipinski definition) is 4. The second kappa shape index (κ2) is 5.95. The van der Waals surface area contributed by atoms with Gasteiger partial charge < -0.3 is 15.9 Å². The van der Waals surface area contributed by atoms with Crippen molar-refractivity contribution >= 4 is 28.9 Å². The summed E-state index contributed by atoms with van der Waals surface area (Å²) in [6, 6.07) is 2.92. The van der Waals surface area contributed by atoms with Crippen LogP contribution in [-0.4, -0.2) is 22.9 Å². The SMILES string of the molecule is [N-]=[N+]=NCC(O)C(O)c1ccc(N)c(Cl)c1Cl. The number of halogens is 2. The van der Waals surface area contributed by atoms with Crippen molar-refractivity contribution in [3.05, 3.63) is 38.2 Å². The molecule has 0 bridgehead atoms. The molecule has 0 aliphatic rings. The molecule has 8 heteroatoms. The van der Waals surface area contributed by atoms with Gasteiger partial charge in [-0.2, -0.15) is 0 Å². The fraction of sp³-hybridized carbons (Fsp3) is 0.333. The predicted molar refractivity (Wildman–Crippen MR) is 65.9 cm³/mol. The highest BCUT2D eigenvalue weighted by Gasteiger charge is 2.22. The first-order valence-electron chi connectivity index (χ1n) is 4.59. The number of azide groups is 1. The van der Waals surface area contributed by atoms with Gasteiger partial charge in [0.15, 0.2) is 0 Å². The van der Waals surface area contributed by atoms with Gasteiger partial charge in [-0.3, -0.25) is 0 Å². The topological polar surface area (TPSA) is 115 Å². The van der Waals surface area contributed by atoms with E-state index in [4.69, 9.17) is 34.5 Å². The van der Waals surface area contributed by atoms with Crippen LogP contribution in [0.4, 0.5) is 5.69 Å². The number of nitrogens with two attached hydrogens (primary N) is 1. The molecule has 0 saturated carbocycles. The third kappa shape index (κ3) is 3.15. The van der Waals surface area contributed by atoms with E-state index in [2.05, 4.69) is 10.0 Å². The van der Waals surface area contributed by atoms with Gasteiger partial charge in [0.05, 0.1) is 28.4 Å². The van der Waals surface area contributed by atoms with Crippen molar-refractivity contribution < 1.29 is 10.2 Å². The highest BCUT2D eigenvalue weighted by molar-refractivity contribution is 6.44. The lowest BCUT2D eigenvalue weighted by Gasteiger charge is -2.18. The molecule has 1 aromatic carbocycles. The van der Waals surface area contributed by atoms with Crippen LogP contribution in [0, 0.1) is 0 Å². The second-order valence-corrected chi connectivity index (χ2v) is 4.05. The summed E-state index contributed by atoms with van der Waals surface area (Å²) in [5.41, 5.74) is 14.1. The summed E-state index contributed by atoms with van der Waals surface area (Å²) in [6.45, 7) is -0.268. The Balaban J connectivity index is 3.00. The summed E-state index contributed by atoms with van der Waals surface area (Å²) in [7, 11) is 0. The first kappa shape index (κ1) is 13.9. The fourth-order valence-corrected chi connectivity index (χ4v) is 1.69. The Morgan fingerprint density at radius 1 is 1.35 bits per heavy atom. The van der Waals surface area contributed by atoms with Crippen LogP contribution in [0.3, 0.4) is 0 Å². The Morgan fingerprint density at radius 3 is 2.59 bits per heavy atom. The number of nitrogens with zero attached hydrogens (tertiary/aromatic N) is 3. The molecule has 92 valence electrons. The molecular weight excluding hydrogens is 267 g/mol. The number of anilines is 1. The number of nitrogen functional groups attached to an aromatic ring is 1. The van der Waals surface area contributed by atoms with Crippen molar-refractivity contribution in [1.29, 1.82) is 0 Å². The zero-order valence-corrected chi connectivity index (χ0v) is 10.1. The Kier molecular flexibility index (Phi) is 4.86. The molecule has 1 rings (SSSR count). The summed E-state index contributed by atoms with van der Waals surface area (Å²) >= 11 is 11.7. The molecule has 4 N–H and O–H groups in total. The van der Waals surface area contributed by atoms with E-state index >= 15 is 0 Å². The number of rotatable bonds is 4. The minimum Gasteiger partial charge on any atom is -0.397 e. The Morgan fingerprint density at radius 2 is 2.00 bits per heavy atom. The van der Waals surface area contributed by atoms with E-state index in [9.17, 15) is 10.2 Å². The monoisotopic (exact) mass is 276 g/mol. The fourth-order valence-electron chi connectivity index (χ4n) is 1.24. The lowest BCUT2D eigenvalue weighted by Crippen LogP contribution is -2.21. The van der Waals surface area contributed by atoms with Gasteiger partial charge in [0.25, 0.3) is 0 Å². The summed E-state index contributed by atoms with van der Waals surface area (Å²) in [6.07, 6.45) is -2.56. The normalized spacial score (nSPS) is 13.9. The predicted octanol–water partition coefficient (Wildman–Crippen LogP) is 2.28. The maximum absolute atomic E-state index is 9.79. The van der Waals surface area contributed by atoms with E-state index in [-0.39, 0.29) is 27.8 Å². The lowest BCUT2D eigenvalue weighted by atomic mass is 10.0. The van der Waals surface area contributed by atoms with Crippen molar-refractivity contribution in [3.63, 3.8) is 0 Å². The standard InChI is InChI=1S/C9H10Cl2N4O2/c10-7-4(1-2-5(12)8(7)11)9(17)6(16)3-14-15-13/h1-2,6,9,16-17H,3,12H2. The first-order chi connectivity index (χ1) is 7.99. The molecule has 0 aromatic heterocycles. The average molecular weight is 277 g/mol. The lowest BCUT2D eigenvalue weighted by molar-refractivity contribution is 0.0245. The number of aliphatic hydroxyl groups excluding tert-OH is 2. The van der Waals surface area contributed by atoms with E-state index in [0.29, 0.717) is 0 Å². The number of benzene rings is 1. The molecule has 0 aliphatic carbocycles. The third-order valence-corrected chi connectivity index (χ3v) is 3.07. The van der Waals surface area contributed by atoms with Gasteiger partial charge >= 0.3 is 0 Å². The number of aliphatic hydroxyl groups is 2. The van der Waals surface area contributed by atoms with Gasteiger partial charge in [0.1, 0.15) is 6.10 Å². The molecule has 2 unspecified atom stereocenters. The second-order valence-electron chi connectivity index (χ2n) is 3.30. The minimum absolute atomic E-state index is 0.0687. The van der Waals surface area contributed by atoms with E-state index in [1.807, 2.05) is 0 Å². The molecule has 0 spiro atoms. The van der Waals surface area contributed by atoms with E-state index in [1.165, 1.54) is 12.1 Å². The van der Waals surface area contributed by atoms with Gasteiger partial charge in [0.2, 0.25) is 0 Å². The molecule has 0 heterocycles. The van der Waals surface area contributed by atoms with Crippen molar-refractivity contribution in [1.82, 2.24) is 0 Å². The van der Waals surface area contributed by atoms with Crippen LogP contribution in [0.25, 0.3) is 10.4 Å². The average Bonchev–Trinajstić information content (AvgIpc) is 2.32. The van der Waals surface area contributed by atoms with E-state index in [1.54, 1.807) is 0 Å². The van der Waals surface area contributed by atoms with Crippen molar-refractivity contribution in [3.8, 4) is 0 Å². The zero-order valence-electron chi connectivity index (χ0n) is 8.59. The van der Waals surface area contributed by atoms with Crippen LogP contribution in [0.15, 0.2) is 17.2 Å². The summed E-state index contributed by atoms with van der Waals surface area (Å²) in [5, 5.41) is 22.7. The Hall–Kier alpha value is -1.17. The van der Waals surface area contributed by atoms with Crippen molar-refractivity contribution in [2.75, 3.05) is 12.3 Å². The molecule has 0 aliphatic heterocycles. The first-order valence-corrected chi connectivity index (χ1v) is 5.35. The van der Waals surface area contributed by atoms with Crippen LogP contribution in [0.5, 0.6) is 0 Å². The molecule has 1 aromatic rings. The van der Waals surface area contributed by atoms with Gasteiger partial charge in [-0.1, -0.05) is 34.4 Å². The van der Waals surface area contributed by atoms with Crippen molar-refractivity contribution in [2.24, 2.45) is 5.11 Å². The molecule has 0 radical (unpaired) electrons. The van der Waals surface area contributed by atoms with Crippen LogP contribution in [0.1, 0.15) is 11.7 Å². The van der Waals surface area contributed by atoms with Gasteiger partial charge in [-0.25, -0.2) is 0 Å². The molecule has 0 saturated heterocycles. The van der Waals surface area contributed by atoms with Crippen LogP contribution < -0.4 is 5.73 Å². The molecule has 0 amide bonds. The quantitative estimate of drug-likeness (QED) is 0.339. The third-order valence-electron chi connectivity index (χ3n) is 2.16. The van der Waals surface area contributed by atoms with Gasteiger partial charge in [-0.05, 0) is 11.6 Å². The Bertz CT molecular complexity index is 463. The number of hydrogen-bond donors (Lipinski definition) is 3. The van der Waals surface area contributed by atoms with Crippen LogP contribution >= 0.6 is 23.2 Å². The zero-order chi connectivity index (χ0) is 13.0. The molecular formula is C9H10Cl2N4O2. The summed E-state index contributed by atoms with van der Waals surface area (Å²) < 4.78 is 0. The van der Waals surface area contributed by atoms with Gasteiger partial charge in [0, 0.05) is 10.5 Å². The maximum Gasteiger partial charge on any atom is 0.106 e. The summed E-state index contributed by atoms with van der Waals surface area (Å²) in [4.78, 5) is 2.48. The van der Waals surface area contributed by atoms with E-state index < -0.39 is 12.2 Å². The Labute approximate surface area is 107 Å². The largest absolute Gasteiger partial charge is 0.397 e. The highest BCUT2D eigenvalue weighted by Crippen LogP contribution is 2.35. The molecule has 2 atom stereocenters. The minimum atomic E-state index is -1.30. The van der Waals surface area contributed by atoms with Crippen LogP contribution in [-0.2, 0) is 0 Å². The smallest absolute Gasteiger partial charge is 0.106 e. The molecule has 0 fully saturated rings. The van der Waals surface area contributed by atoms with E-state index in [0.717, 1.165) is 0 Å².